The van der Waals surface area contributed by atoms with Gasteiger partial charge in [-0.15, -0.1) is 0 Å². The van der Waals surface area contributed by atoms with E-state index in [1.807, 2.05) is 6.92 Å². The van der Waals surface area contributed by atoms with Crippen molar-refractivity contribution in [3.05, 3.63) is 0 Å². The number of hydrogen-bond donors (Lipinski definition) is 2. The van der Waals surface area contributed by atoms with Crippen LogP contribution < -0.4 is 10.6 Å². The molecule has 0 rings (SSSR count). The number of amides is 2. The maximum absolute atomic E-state index is 11.9. The lowest BCUT2D eigenvalue weighted by atomic mass is 10.2. The molecule has 0 heterocycles. The van der Waals surface area contributed by atoms with Crippen molar-refractivity contribution in [3.8, 4) is 0 Å². The minimum atomic E-state index is -4.24. The molecule has 2 N–H and O–H groups in total. The summed E-state index contributed by atoms with van der Waals surface area (Å²) in [7, 11) is 0. The van der Waals surface area contributed by atoms with E-state index in [9.17, 15) is 18.0 Å². The van der Waals surface area contributed by atoms with E-state index in [1.165, 1.54) is 6.92 Å². The third-order valence-corrected chi connectivity index (χ3v) is 1.73. The Bertz CT molecular complexity index is 194. The van der Waals surface area contributed by atoms with Crippen molar-refractivity contribution in [3.63, 3.8) is 0 Å². The molecule has 0 aromatic heterocycles. The van der Waals surface area contributed by atoms with Crippen molar-refractivity contribution in [2.24, 2.45) is 0 Å². The molecule has 0 saturated heterocycles. The lowest BCUT2D eigenvalue weighted by Gasteiger charge is -2.16. The van der Waals surface area contributed by atoms with Gasteiger partial charge in [0.15, 0.2) is 0 Å². The van der Waals surface area contributed by atoms with Gasteiger partial charge in [-0.05, 0) is 13.3 Å². The van der Waals surface area contributed by atoms with E-state index in [-0.39, 0.29) is 0 Å². The Morgan fingerprint density at radius 1 is 1.40 bits per heavy atom. The van der Waals surface area contributed by atoms with Crippen molar-refractivity contribution in [2.45, 2.75) is 45.3 Å². The van der Waals surface area contributed by atoms with Crippen molar-refractivity contribution in [2.75, 3.05) is 6.54 Å². The number of alkyl halides is 3. The fourth-order valence-corrected chi connectivity index (χ4v) is 1.05. The highest BCUT2D eigenvalue weighted by Crippen LogP contribution is 2.21. The van der Waals surface area contributed by atoms with Crippen LogP contribution in [-0.4, -0.2) is 24.8 Å². The van der Waals surface area contributed by atoms with Crippen molar-refractivity contribution in [1.29, 1.82) is 0 Å². The van der Waals surface area contributed by atoms with Crippen LogP contribution in [0.25, 0.3) is 0 Å². The molecule has 6 heteroatoms. The quantitative estimate of drug-likeness (QED) is 0.694. The number of rotatable bonds is 5. The Labute approximate surface area is 87.4 Å². The molecule has 3 nitrogen and oxygen atoms in total. The standard InChI is InChI=1S/C9H17F3N2O/c1-3-4-5-13-8(15)14-7(2)6-9(10,11)12/h7H,3-6H2,1-2H3,(H2,13,14,15). The molecule has 0 aliphatic carbocycles. The molecule has 0 saturated carbocycles. The summed E-state index contributed by atoms with van der Waals surface area (Å²) in [4.78, 5) is 11.0. The molecular formula is C9H17F3N2O. The third-order valence-electron chi connectivity index (χ3n) is 1.73. The minimum absolute atomic E-state index is 0.487. The normalized spacial score (nSPS) is 13.4. The highest BCUT2D eigenvalue weighted by Gasteiger charge is 2.30. The van der Waals surface area contributed by atoms with E-state index in [0.29, 0.717) is 6.54 Å². The summed E-state index contributed by atoms with van der Waals surface area (Å²) in [5.74, 6) is 0. The fraction of sp³-hybridized carbons (Fsp3) is 0.889. The predicted octanol–water partition coefficient (Wildman–Crippen LogP) is 2.43. The number of carbonyl (C=O) groups is 1. The van der Waals surface area contributed by atoms with Gasteiger partial charge in [0.05, 0.1) is 6.42 Å². The van der Waals surface area contributed by atoms with Crippen molar-refractivity contribution >= 4 is 6.03 Å². The van der Waals surface area contributed by atoms with Crippen molar-refractivity contribution in [1.82, 2.24) is 10.6 Å². The lowest BCUT2D eigenvalue weighted by Crippen LogP contribution is -2.42. The molecule has 0 aliphatic heterocycles. The first-order valence-corrected chi connectivity index (χ1v) is 4.96. The van der Waals surface area contributed by atoms with Gasteiger partial charge in [0.1, 0.15) is 0 Å². The topological polar surface area (TPSA) is 41.1 Å². The first-order chi connectivity index (χ1) is 6.85. The van der Waals surface area contributed by atoms with Gasteiger partial charge in [-0.1, -0.05) is 13.3 Å². The Kier molecular flexibility index (Phi) is 6.12. The SMILES string of the molecule is CCCCNC(=O)NC(C)CC(F)(F)F. The summed E-state index contributed by atoms with van der Waals surface area (Å²) >= 11 is 0. The van der Waals surface area contributed by atoms with Gasteiger partial charge in [0.2, 0.25) is 0 Å². The maximum Gasteiger partial charge on any atom is 0.391 e. The van der Waals surface area contributed by atoms with Crippen LogP contribution in [-0.2, 0) is 0 Å². The van der Waals surface area contributed by atoms with Gasteiger partial charge in [0.25, 0.3) is 0 Å². The predicted molar refractivity (Wildman–Crippen MR) is 51.6 cm³/mol. The first kappa shape index (κ1) is 14.1. The van der Waals surface area contributed by atoms with Gasteiger partial charge >= 0.3 is 12.2 Å². The smallest absolute Gasteiger partial charge is 0.338 e. The van der Waals surface area contributed by atoms with Crippen LogP contribution in [0.5, 0.6) is 0 Å². The Morgan fingerprint density at radius 2 is 2.00 bits per heavy atom. The first-order valence-electron chi connectivity index (χ1n) is 4.96. The van der Waals surface area contributed by atoms with E-state index in [4.69, 9.17) is 0 Å². The molecular weight excluding hydrogens is 209 g/mol. The molecule has 0 radical (unpaired) electrons. The summed E-state index contributed by atoms with van der Waals surface area (Å²) in [6.45, 7) is 3.78. The second-order valence-electron chi connectivity index (χ2n) is 3.47. The zero-order chi connectivity index (χ0) is 11.9. The molecule has 2 amide bonds. The van der Waals surface area contributed by atoms with Gasteiger partial charge in [-0.3, -0.25) is 0 Å². The summed E-state index contributed by atoms with van der Waals surface area (Å²) in [6, 6.07) is -1.44. The molecule has 0 aromatic rings. The zero-order valence-electron chi connectivity index (χ0n) is 8.95. The number of halogens is 3. The second-order valence-corrected chi connectivity index (χ2v) is 3.47. The number of hydrogen-bond acceptors (Lipinski definition) is 1. The number of unbranched alkanes of at least 4 members (excludes halogenated alkanes) is 1. The summed E-state index contributed by atoms with van der Waals surface area (Å²) in [5, 5.41) is 4.71. The van der Waals surface area contributed by atoms with Crippen molar-refractivity contribution < 1.29 is 18.0 Å². The molecule has 90 valence electrons. The van der Waals surface area contributed by atoms with E-state index >= 15 is 0 Å². The van der Waals surface area contributed by atoms with Crippen LogP contribution in [0.1, 0.15) is 33.1 Å². The van der Waals surface area contributed by atoms with Crippen LogP contribution in [0.4, 0.5) is 18.0 Å². The van der Waals surface area contributed by atoms with Gasteiger partial charge in [0, 0.05) is 12.6 Å². The average Bonchev–Trinajstić information content (AvgIpc) is 2.00. The van der Waals surface area contributed by atoms with E-state index < -0.39 is 24.7 Å². The lowest BCUT2D eigenvalue weighted by molar-refractivity contribution is -0.138. The minimum Gasteiger partial charge on any atom is -0.338 e. The number of urea groups is 1. The summed E-state index contributed by atoms with van der Waals surface area (Å²) < 4.78 is 35.7. The third kappa shape index (κ3) is 9.37. The maximum atomic E-state index is 11.9. The fourth-order valence-electron chi connectivity index (χ4n) is 1.05. The molecule has 0 aliphatic rings. The van der Waals surface area contributed by atoms with Crippen LogP contribution in [0.15, 0.2) is 0 Å². The second kappa shape index (κ2) is 6.53. The summed E-state index contributed by atoms with van der Waals surface area (Å²) in [6.07, 6.45) is -3.50. The molecule has 1 unspecified atom stereocenters. The average molecular weight is 226 g/mol. The van der Waals surface area contributed by atoms with Crippen LogP contribution in [0.3, 0.4) is 0 Å². The number of nitrogens with one attached hydrogen (secondary N) is 2. The molecule has 0 fully saturated rings. The van der Waals surface area contributed by atoms with Crippen LogP contribution >= 0.6 is 0 Å². The van der Waals surface area contributed by atoms with Gasteiger partial charge in [-0.2, -0.15) is 13.2 Å². The molecule has 0 bridgehead atoms. The number of carbonyl (C=O) groups excluding carboxylic acids is 1. The van der Waals surface area contributed by atoms with Gasteiger partial charge in [-0.25, -0.2) is 4.79 Å². The van der Waals surface area contributed by atoms with E-state index in [1.54, 1.807) is 0 Å². The Morgan fingerprint density at radius 3 is 2.47 bits per heavy atom. The van der Waals surface area contributed by atoms with Gasteiger partial charge < -0.3 is 10.6 Å². The Balaban J connectivity index is 3.67. The molecule has 15 heavy (non-hydrogen) atoms. The highest BCUT2D eigenvalue weighted by atomic mass is 19.4. The highest BCUT2D eigenvalue weighted by molar-refractivity contribution is 5.74. The molecule has 1 atom stereocenters. The van der Waals surface area contributed by atoms with E-state index in [0.717, 1.165) is 12.8 Å². The largest absolute Gasteiger partial charge is 0.391 e. The molecule has 0 spiro atoms. The molecule has 0 aromatic carbocycles. The summed E-state index contributed by atoms with van der Waals surface area (Å²) in [5.41, 5.74) is 0. The van der Waals surface area contributed by atoms with E-state index in [2.05, 4.69) is 10.6 Å². The Hall–Kier alpha value is -0.940. The monoisotopic (exact) mass is 226 g/mol. The van der Waals surface area contributed by atoms with Crippen LogP contribution in [0.2, 0.25) is 0 Å². The zero-order valence-corrected chi connectivity index (χ0v) is 8.95. The van der Waals surface area contributed by atoms with Crippen LogP contribution in [0, 0.1) is 0 Å².